The summed E-state index contributed by atoms with van der Waals surface area (Å²) >= 11 is 0. The maximum Gasteiger partial charge on any atom is 0.243 e. The maximum atomic E-state index is 13.1. The van der Waals surface area contributed by atoms with Crippen molar-refractivity contribution in [1.82, 2.24) is 8.61 Å². The van der Waals surface area contributed by atoms with Gasteiger partial charge in [-0.2, -0.15) is 8.61 Å². The van der Waals surface area contributed by atoms with Crippen molar-refractivity contribution in [3.63, 3.8) is 0 Å². The van der Waals surface area contributed by atoms with E-state index in [0.717, 1.165) is 11.1 Å². The molecule has 0 bridgehead atoms. The fraction of sp³-hybridized carbons (Fsp3) is 0.400. The Labute approximate surface area is 167 Å². The van der Waals surface area contributed by atoms with Crippen molar-refractivity contribution in [2.75, 3.05) is 13.1 Å². The fourth-order valence-electron chi connectivity index (χ4n) is 3.62. The lowest BCUT2D eigenvalue weighted by molar-refractivity contribution is 0.159. The molecule has 0 unspecified atom stereocenters. The highest BCUT2D eigenvalue weighted by Crippen LogP contribution is 2.28. The van der Waals surface area contributed by atoms with Crippen LogP contribution in [0.2, 0.25) is 0 Å². The van der Waals surface area contributed by atoms with Gasteiger partial charge in [0.05, 0.1) is 9.79 Å². The van der Waals surface area contributed by atoms with Crippen LogP contribution < -0.4 is 0 Å². The lowest BCUT2D eigenvalue weighted by Crippen LogP contribution is -2.59. The number of piperazine rings is 1. The van der Waals surface area contributed by atoms with Crippen molar-refractivity contribution in [2.45, 2.75) is 49.6 Å². The summed E-state index contributed by atoms with van der Waals surface area (Å²) in [5.74, 6) is 0. The SMILES string of the molecule is Cc1ccc(S(=O)(=O)N2C[C@@H](C)N(S(=O)(=O)c3ccc(C)cc3)[C@H](C)C2)cc1. The molecule has 1 fully saturated rings. The minimum absolute atomic E-state index is 0.117. The third-order valence-corrected chi connectivity index (χ3v) is 9.05. The lowest BCUT2D eigenvalue weighted by atomic mass is 10.2. The molecule has 6 nitrogen and oxygen atoms in total. The number of sulfonamides is 2. The number of nitrogens with zero attached hydrogens (tertiary/aromatic N) is 2. The molecule has 28 heavy (non-hydrogen) atoms. The Morgan fingerprint density at radius 3 is 1.43 bits per heavy atom. The van der Waals surface area contributed by atoms with E-state index in [0.29, 0.717) is 0 Å². The van der Waals surface area contributed by atoms with E-state index >= 15 is 0 Å². The molecule has 0 radical (unpaired) electrons. The Kier molecular flexibility index (Phi) is 5.69. The Morgan fingerprint density at radius 1 is 0.679 bits per heavy atom. The van der Waals surface area contributed by atoms with Crippen LogP contribution in [-0.2, 0) is 20.0 Å². The van der Waals surface area contributed by atoms with E-state index in [2.05, 4.69) is 0 Å². The first-order valence-corrected chi connectivity index (χ1v) is 12.1. The van der Waals surface area contributed by atoms with Crippen molar-refractivity contribution >= 4 is 20.0 Å². The molecule has 1 heterocycles. The van der Waals surface area contributed by atoms with Gasteiger partial charge in [0.1, 0.15) is 0 Å². The molecule has 8 heteroatoms. The van der Waals surface area contributed by atoms with Gasteiger partial charge in [0, 0.05) is 25.2 Å². The second-order valence-corrected chi connectivity index (χ2v) is 11.3. The minimum atomic E-state index is -3.70. The van der Waals surface area contributed by atoms with Gasteiger partial charge < -0.3 is 0 Å². The van der Waals surface area contributed by atoms with Crippen LogP contribution in [0, 0.1) is 13.8 Å². The molecule has 2 aromatic rings. The highest BCUT2D eigenvalue weighted by atomic mass is 32.2. The number of hydrogen-bond donors (Lipinski definition) is 0. The lowest BCUT2D eigenvalue weighted by Gasteiger charge is -2.42. The summed E-state index contributed by atoms with van der Waals surface area (Å²) in [6.45, 7) is 7.53. The second kappa shape index (κ2) is 7.59. The summed E-state index contributed by atoms with van der Waals surface area (Å²) in [5.41, 5.74) is 1.96. The molecule has 0 saturated carbocycles. The summed E-state index contributed by atoms with van der Waals surface area (Å²) in [5, 5.41) is 0. The molecule has 1 aliphatic rings. The van der Waals surface area contributed by atoms with Crippen molar-refractivity contribution in [2.24, 2.45) is 0 Å². The first-order chi connectivity index (χ1) is 13.0. The highest BCUT2D eigenvalue weighted by molar-refractivity contribution is 7.89. The smallest absolute Gasteiger partial charge is 0.207 e. The molecule has 2 atom stereocenters. The van der Waals surface area contributed by atoms with Gasteiger partial charge in [-0.1, -0.05) is 35.4 Å². The zero-order valence-corrected chi connectivity index (χ0v) is 18.2. The molecule has 152 valence electrons. The van der Waals surface area contributed by atoms with Crippen LogP contribution >= 0.6 is 0 Å². The molecular weight excluding hydrogens is 396 g/mol. The monoisotopic (exact) mass is 422 g/mol. The molecule has 0 aliphatic carbocycles. The normalized spacial score (nSPS) is 22.3. The Bertz CT molecular complexity index is 1030. The molecule has 2 aromatic carbocycles. The summed E-state index contributed by atoms with van der Waals surface area (Å²) < 4.78 is 55.1. The van der Waals surface area contributed by atoms with E-state index in [9.17, 15) is 16.8 Å². The molecule has 0 aromatic heterocycles. The number of benzene rings is 2. The second-order valence-electron chi connectivity index (χ2n) is 7.48. The van der Waals surface area contributed by atoms with E-state index in [-0.39, 0.29) is 22.9 Å². The standard InChI is InChI=1S/C20H26N2O4S2/c1-15-5-9-19(10-6-15)27(23,24)21-13-17(3)22(18(4)14-21)28(25,26)20-11-7-16(2)8-12-20/h5-12,17-18H,13-14H2,1-4H3/t17-,18-/m1/s1. The van der Waals surface area contributed by atoms with Gasteiger partial charge in [0.25, 0.3) is 0 Å². The molecule has 0 amide bonds. The topological polar surface area (TPSA) is 74.8 Å². The molecule has 0 N–H and O–H groups in total. The van der Waals surface area contributed by atoms with Crippen LogP contribution in [-0.4, -0.2) is 50.6 Å². The van der Waals surface area contributed by atoms with E-state index in [1.54, 1.807) is 62.4 Å². The molecule has 0 spiro atoms. The van der Waals surface area contributed by atoms with Crippen LogP contribution in [0.4, 0.5) is 0 Å². The average molecular weight is 423 g/mol. The Balaban J connectivity index is 1.88. The van der Waals surface area contributed by atoms with E-state index in [4.69, 9.17) is 0 Å². The van der Waals surface area contributed by atoms with Crippen LogP contribution in [0.1, 0.15) is 25.0 Å². The summed E-state index contributed by atoms with van der Waals surface area (Å²) in [6, 6.07) is 12.5. The predicted molar refractivity (Wildman–Crippen MR) is 109 cm³/mol. The summed E-state index contributed by atoms with van der Waals surface area (Å²) in [7, 11) is -7.38. The van der Waals surface area contributed by atoms with Crippen molar-refractivity contribution in [3.8, 4) is 0 Å². The first kappa shape index (κ1) is 21.0. The molecule has 3 rings (SSSR count). The van der Waals surface area contributed by atoms with Crippen LogP contribution in [0.25, 0.3) is 0 Å². The van der Waals surface area contributed by atoms with E-state index < -0.39 is 32.1 Å². The van der Waals surface area contributed by atoms with Crippen molar-refractivity contribution < 1.29 is 16.8 Å². The van der Waals surface area contributed by atoms with Gasteiger partial charge in [-0.3, -0.25) is 0 Å². The third kappa shape index (κ3) is 3.87. The van der Waals surface area contributed by atoms with Crippen LogP contribution in [0.3, 0.4) is 0 Å². The number of hydrogen-bond acceptors (Lipinski definition) is 4. The van der Waals surface area contributed by atoms with Gasteiger partial charge in [-0.05, 0) is 52.0 Å². The molecular formula is C20H26N2O4S2. The van der Waals surface area contributed by atoms with Gasteiger partial charge in [0.2, 0.25) is 20.0 Å². The molecule has 1 saturated heterocycles. The van der Waals surface area contributed by atoms with Gasteiger partial charge in [-0.25, -0.2) is 16.8 Å². The zero-order chi connectivity index (χ0) is 20.7. The van der Waals surface area contributed by atoms with E-state index in [1.807, 2.05) is 13.8 Å². The maximum absolute atomic E-state index is 13.1. The largest absolute Gasteiger partial charge is 0.243 e. The van der Waals surface area contributed by atoms with Crippen LogP contribution in [0.15, 0.2) is 58.3 Å². The van der Waals surface area contributed by atoms with E-state index in [1.165, 1.54) is 8.61 Å². The fourth-order valence-corrected chi connectivity index (χ4v) is 7.03. The van der Waals surface area contributed by atoms with Crippen molar-refractivity contribution in [3.05, 3.63) is 59.7 Å². The molecule has 1 aliphatic heterocycles. The average Bonchev–Trinajstić information content (AvgIpc) is 2.61. The minimum Gasteiger partial charge on any atom is -0.207 e. The summed E-state index contributed by atoms with van der Waals surface area (Å²) in [4.78, 5) is 0.457. The highest BCUT2D eigenvalue weighted by Gasteiger charge is 2.42. The van der Waals surface area contributed by atoms with Crippen molar-refractivity contribution in [1.29, 1.82) is 0 Å². The summed E-state index contributed by atoms with van der Waals surface area (Å²) in [6.07, 6.45) is 0. The Hall–Kier alpha value is -1.74. The third-order valence-electron chi connectivity index (χ3n) is 5.06. The van der Waals surface area contributed by atoms with Crippen LogP contribution in [0.5, 0.6) is 0 Å². The van der Waals surface area contributed by atoms with Gasteiger partial charge >= 0.3 is 0 Å². The zero-order valence-electron chi connectivity index (χ0n) is 16.5. The number of rotatable bonds is 4. The van der Waals surface area contributed by atoms with Gasteiger partial charge in [0.15, 0.2) is 0 Å². The quantitative estimate of drug-likeness (QED) is 0.759. The van der Waals surface area contributed by atoms with Gasteiger partial charge in [-0.15, -0.1) is 0 Å². The number of aryl methyl sites for hydroxylation is 2. The first-order valence-electron chi connectivity index (χ1n) is 9.20. The Morgan fingerprint density at radius 2 is 1.04 bits per heavy atom. The predicted octanol–water partition coefficient (Wildman–Crippen LogP) is 2.78.